The maximum absolute atomic E-state index is 13.3. The van der Waals surface area contributed by atoms with Gasteiger partial charge in [0.2, 0.25) is 0 Å². The Labute approximate surface area is 254 Å². The molecule has 5 rings (SSSR count). The van der Waals surface area contributed by atoms with E-state index >= 15 is 0 Å². The molecule has 3 aromatic rings. The van der Waals surface area contributed by atoms with Crippen LogP contribution >= 0.6 is 0 Å². The molecule has 2 saturated heterocycles. The molecule has 0 radical (unpaired) electrons. The number of benzene rings is 2. The van der Waals surface area contributed by atoms with Gasteiger partial charge >= 0.3 is 5.97 Å². The minimum absolute atomic E-state index is 0.127. The summed E-state index contributed by atoms with van der Waals surface area (Å²) in [6.45, 7) is 2.34. The Hall–Kier alpha value is -5.28. The number of rotatable bonds is 9. The van der Waals surface area contributed by atoms with Crippen LogP contribution in [0, 0.1) is 11.3 Å². The van der Waals surface area contributed by atoms with Crippen LogP contribution in [0.5, 0.6) is 0 Å². The molecule has 12 nitrogen and oxygen atoms in total. The Morgan fingerprint density at radius 3 is 2.43 bits per heavy atom. The number of amides is 3. The van der Waals surface area contributed by atoms with E-state index in [9.17, 15) is 24.3 Å². The number of piperazine rings is 1. The van der Waals surface area contributed by atoms with Crippen molar-refractivity contribution in [2.24, 2.45) is 0 Å². The number of nitrogens with one attached hydrogen (secondary N) is 2. The molecule has 2 fully saturated rings. The van der Waals surface area contributed by atoms with Gasteiger partial charge in [-0.25, -0.2) is 0 Å². The smallest absolute Gasteiger partial charge is 0.305 e. The lowest BCUT2D eigenvalue weighted by Crippen LogP contribution is -2.49. The molecule has 12 heteroatoms. The van der Waals surface area contributed by atoms with Crippen molar-refractivity contribution in [1.82, 2.24) is 15.2 Å². The molecule has 2 aliphatic heterocycles. The Bertz CT molecular complexity index is 1560. The van der Waals surface area contributed by atoms with E-state index in [1.165, 1.54) is 6.20 Å². The minimum atomic E-state index is -1.07. The topological polar surface area (TPSA) is 165 Å². The molecule has 1 aromatic heterocycles. The number of carboxylic acid groups (broad SMARTS) is 1. The molecule has 2 aromatic carbocycles. The lowest BCUT2D eigenvalue weighted by Gasteiger charge is -2.37. The zero-order valence-corrected chi connectivity index (χ0v) is 23.9. The second-order valence-corrected chi connectivity index (χ2v) is 10.6. The van der Waals surface area contributed by atoms with Gasteiger partial charge in [-0.15, -0.1) is 0 Å². The van der Waals surface area contributed by atoms with E-state index in [0.717, 1.165) is 6.42 Å². The number of anilines is 2. The average molecular weight is 597 g/mol. The number of aliphatic carboxylic acids is 1. The second kappa shape index (κ2) is 13.8. The van der Waals surface area contributed by atoms with Crippen molar-refractivity contribution >= 4 is 35.1 Å². The lowest BCUT2D eigenvalue weighted by atomic mass is 10.0. The fourth-order valence-electron chi connectivity index (χ4n) is 5.32. The monoisotopic (exact) mass is 596 g/mol. The van der Waals surface area contributed by atoms with Crippen molar-refractivity contribution < 1.29 is 29.0 Å². The first-order chi connectivity index (χ1) is 21.3. The van der Waals surface area contributed by atoms with Crippen molar-refractivity contribution in [2.75, 3.05) is 43.0 Å². The normalized spacial score (nSPS) is 16.9. The summed E-state index contributed by atoms with van der Waals surface area (Å²) in [5.74, 6) is -2.01. The summed E-state index contributed by atoms with van der Waals surface area (Å²) in [6.07, 6.45) is 3.53. The third kappa shape index (κ3) is 7.19. The summed E-state index contributed by atoms with van der Waals surface area (Å²) in [4.78, 5) is 58.8. The summed E-state index contributed by atoms with van der Waals surface area (Å²) in [6, 6.07) is 16.1. The van der Waals surface area contributed by atoms with Crippen LogP contribution in [0.2, 0.25) is 0 Å². The fraction of sp³-hybridized carbons (Fsp3) is 0.312. The van der Waals surface area contributed by atoms with Gasteiger partial charge in [0.15, 0.2) is 0 Å². The number of ether oxygens (including phenoxy) is 1. The van der Waals surface area contributed by atoms with E-state index in [-0.39, 0.29) is 23.8 Å². The highest BCUT2D eigenvalue weighted by molar-refractivity contribution is 6.01. The van der Waals surface area contributed by atoms with E-state index in [1.54, 1.807) is 65.7 Å². The molecule has 0 aliphatic carbocycles. The summed E-state index contributed by atoms with van der Waals surface area (Å²) in [5.41, 5.74) is 2.89. The van der Waals surface area contributed by atoms with Crippen molar-refractivity contribution in [1.29, 1.82) is 5.26 Å². The molecule has 3 amide bonds. The molecule has 3 N–H and O–H groups in total. The van der Waals surface area contributed by atoms with Gasteiger partial charge in [-0.2, -0.15) is 5.26 Å². The van der Waals surface area contributed by atoms with E-state index in [0.29, 0.717) is 67.3 Å². The standard InChI is InChI=1S/C32H32N6O6/c33-19-21-5-7-22(8-6-21)32(43)38-14-12-37(13-15-38)27-10-9-23(17-26(27)36-31(42)28-4-2-16-44-28)30(41)35-25(18-29(39)40)24-3-1-11-34-20-24/h1,3,5-11,17,20,25,28H,2,4,12-16,18H2,(H,35,41)(H,36,42)(H,39,40). The van der Waals surface area contributed by atoms with Crippen LogP contribution in [-0.2, 0) is 14.3 Å². The molecular weight excluding hydrogens is 564 g/mol. The van der Waals surface area contributed by atoms with Crippen LogP contribution in [0.25, 0.3) is 0 Å². The van der Waals surface area contributed by atoms with E-state index in [1.807, 2.05) is 11.0 Å². The Kier molecular flexibility index (Phi) is 9.46. The number of aromatic nitrogens is 1. The first kappa shape index (κ1) is 30.2. The van der Waals surface area contributed by atoms with Crippen LogP contribution in [0.1, 0.15) is 57.1 Å². The largest absolute Gasteiger partial charge is 0.481 e. The summed E-state index contributed by atoms with van der Waals surface area (Å²) < 4.78 is 5.56. The number of pyridine rings is 1. The minimum Gasteiger partial charge on any atom is -0.481 e. The number of carbonyl (C=O) groups is 4. The first-order valence-corrected chi connectivity index (χ1v) is 14.4. The highest BCUT2D eigenvalue weighted by Crippen LogP contribution is 2.30. The number of hydrogen-bond donors (Lipinski definition) is 3. The third-order valence-corrected chi connectivity index (χ3v) is 7.68. The Balaban J connectivity index is 1.34. The maximum atomic E-state index is 13.3. The second-order valence-electron chi connectivity index (χ2n) is 10.6. The van der Waals surface area contributed by atoms with E-state index in [4.69, 9.17) is 10.00 Å². The van der Waals surface area contributed by atoms with Crippen LogP contribution in [0.4, 0.5) is 11.4 Å². The number of nitrogens with zero attached hydrogens (tertiary/aromatic N) is 4. The lowest BCUT2D eigenvalue weighted by molar-refractivity contribution is -0.137. The molecule has 0 bridgehead atoms. The van der Waals surface area contributed by atoms with Gasteiger partial charge in [0.05, 0.1) is 35.5 Å². The van der Waals surface area contributed by atoms with Crippen molar-refractivity contribution in [3.05, 3.63) is 89.2 Å². The zero-order chi connectivity index (χ0) is 31.1. The molecule has 226 valence electrons. The highest BCUT2D eigenvalue weighted by Gasteiger charge is 2.28. The molecule has 2 atom stereocenters. The third-order valence-electron chi connectivity index (χ3n) is 7.68. The predicted octanol–water partition coefficient (Wildman–Crippen LogP) is 2.98. The van der Waals surface area contributed by atoms with Crippen LogP contribution in [0.3, 0.4) is 0 Å². The molecule has 0 spiro atoms. The number of carboxylic acids is 1. The van der Waals surface area contributed by atoms with Gasteiger partial charge in [0.1, 0.15) is 6.10 Å². The van der Waals surface area contributed by atoms with Crippen LogP contribution in [-0.4, -0.2) is 77.6 Å². The number of hydrogen-bond acceptors (Lipinski definition) is 8. The van der Waals surface area contributed by atoms with Crippen molar-refractivity contribution in [3.8, 4) is 6.07 Å². The molecule has 2 aliphatic rings. The molecular formula is C32H32N6O6. The molecule has 0 saturated carbocycles. The molecule has 2 unspecified atom stereocenters. The maximum Gasteiger partial charge on any atom is 0.305 e. The Morgan fingerprint density at radius 1 is 1.05 bits per heavy atom. The van der Waals surface area contributed by atoms with Crippen molar-refractivity contribution in [2.45, 2.75) is 31.4 Å². The van der Waals surface area contributed by atoms with Gasteiger partial charge in [-0.05, 0) is 66.9 Å². The van der Waals surface area contributed by atoms with Crippen molar-refractivity contribution in [3.63, 3.8) is 0 Å². The van der Waals surface area contributed by atoms with Gasteiger partial charge in [-0.3, -0.25) is 24.2 Å². The van der Waals surface area contributed by atoms with E-state index in [2.05, 4.69) is 15.6 Å². The first-order valence-electron chi connectivity index (χ1n) is 14.4. The SMILES string of the molecule is N#Cc1ccc(C(=O)N2CCN(c3ccc(C(=O)NC(CC(=O)O)c4cccnc4)cc3NC(=O)C3CCCO3)CC2)cc1. The van der Waals surface area contributed by atoms with Gasteiger partial charge < -0.3 is 30.3 Å². The van der Waals surface area contributed by atoms with Gasteiger partial charge in [0, 0.05) is 56.3 Å². The average Bonchev–Trinajstić information content (AvgIpc) is 3.60. The quantitative estimate of drug-likeness (QED) is 0.337. The summed E-state index contributed by atoms with van der Waals surface area (Å²) in [5, 5.41) is 24.2. The summed E-state index contributed by atoms with van der Waals surface area (Å²) >= 11 is 0. The fourth-order valence-corrected chi connectivity index (χ4v) is 5.32. The zero-order valence-electron chi connectivity index (χ0n) is 23.9. The summed E-state index contributed by atoms with van der Waals surface area (Å²) in [7, 11) is 0. The van der Waals surface area contributed by atoms with E-state index < -0.39 is 24.0 Å². The number of nitriles is 1. The Morgan fingerprint density at radius 2 is 1.80 bits per heavy atom. The molecule has 3 heterocycles. The van der Waals surface area contributed by atoms with Gasteiger partial charge in [0.25, 0.3) is 17.7 Å². The van der Waals surface area contributed by atoms with Gasteiger partial charge in [-0.1, -0.05) is 6.07 Å². The highest BCUT2D eigenvalue weighted by atomic mass is 16.5. The van der Waals surface area contributed by atoms with Crippen LogP contribution < -0.4 is 15.5 Å². The van der Waals surface area contributed by atoms with Crippen LogP contribution in [0.15, 0.2) is 67.0 Å². The predicted molar refractivity (Wildman–Crippen MR) is 160 cm³/mol. The molecule has 44 heavy (non-hydrogen) atoms. The number of carbonyl (C=O) groups excluding carboxylic acids is 3.